The van der Waals surface area contributed by atoms with Crippen LogP contribution in [0.3, 0.4) is 0 Å². The summed E-state index contributed by atoms with van der Waals surface area (Å²) in [6.07, 6.45) is 6.89. The van der Waals surface area contributed by atoms with Gasteiger partial charge in [-0.1, -0.05) is 0 Å². The van der Waals surface area contributed by atoms with Gasteiger partial charge in [0, 0.05) is 47.6 Å². The molecule has 11 heteroatoms. The fourth-order valence-electron chi connectivity index (χ4n) is 5.60. The van der Waals surface area contributed by atoms with Crippen molar-refractivity contribution < 1.29 is 19.1 Å². The highest BCUT2D eigenvalue weighted by Gasteiger charge is 2.37. The molecular weight excluding hydrogens is 510 g/mol. The van der Waals surface area contributed by atoms with Crippen LogP contribution in [0.15, 0.2) is 36.7 Å². The van der Waals surface area contributed by atoms with Crippen molar-refractivity contribution >= 4 is 34.9 Å². The highest BCUT2D eigenvalue weighted by atomic mass is 16.5. The minimum atomic E-state index is -0.736. The normalized spacial score (nSPS) is 20.6. The molecule has 1 atom stereocenters. The Bertz CT molecular complexity index is 1540. The number of nitrogens with zero attached hydrogens (tertiary/aromatic N) is 5. The zero-order valence-electron chi connectivity index (χ0n) is 22.7. The van der Waals surface area contributed by atoms with Gasteiger partial charge in [-0.05, 0) is 58.2 Å². The van der Waals surface area contributed by atoms with Crippen LogP contribution in [0, 0.1) is 0 Å². The van der Waals surface area contributed by atoms with E-state index in [4.69, 9.17) is 14.5 Å². The SMILES string of the molecule is C[C@@H]1CCC(=O)N1c1ccc2c(c1)OC(C)(C)c1nc(Nc3cnc4c(c3)N(C(=O)NC3CC3)CCO4)ncc1-2. The Morgan fingerprint density at radius 3 is 2.73 bits per heavy atom. The average molecular weight is 542 g/mol. The van der Waals surface area contributed by atoms with Crippen LogP contribution >= 0.6 is 0 Å². The van der Waals surface area contributed by atoms with Gasteiger partial charge in [0.05, 0.1) is 24.1 Å². The molecule has 3 aliphatic heterocycles. The van der Waals surface area contributed by atoms with Gasteiger partial charge in [-0.3, -0.25) is 9.69 Å². The molecule has 11 nitrogen and oxygen atoms in total. The Kier molecular flexibility index (Phi) is 5.58. The van der Waals surface area contributed by atoms with Gasteiger partial charge < -0.3 is 25.0 Å². The molecule has 0 bridgehead atoms. The minimum absolute atomic E-state index is 0.136. The van der Waals surface area contributed by atoms with Gasteiger partial charge in [-0.15, -0.1) is 0 Å². The van der Waals surface area contributed by atoms with Gasteiger partial charge >= 0.3 is 6.03 Å². The van der Waals surface area contributed by atoms with E-state index < -0.39 is 5.60 Å². The van der Waals surface area contributed by atoms with Crippen molar-refractivity contribution in [2.24, 2.45) is 0 Å². The molecule has 3 aromatic rings. The van der Waals surface area contributed by atoms with Crippen LogP contribution < -0.4 is 29.9 Å². The van der Waals surface area contributed by atoms with Crippen molar-refractivity contribution in [1.82, 2.24) is 20.3 Å². The number of hydrogen-bond acceptors (Lipinski definition) is 8. The number of anilines is 4. The fraction of sp³-hybridized carbons (Fsp3) is 0.414. The molecule has 40 heavy (non-hydrogen) atoms. The Morgan fingerprint density at radius 2 is 1.95 bits per heavy atom. The number of hydrogen-bond donors (Lipinski definition) is 2. The van der Waals surface area contributed by atoms with Gasteiger partial charge in [-0.2, -0.15) is 0 Å². The molecule has 206 valence electrons. The number of nitrogens with one attached hydrogen (secondary N) is 2. The van der Waals surface area contributed by atoms with E-state index in [1.54, 1.807) is 17.3 Å². The monoisotopic (exact) mass is 541 g/mol. The lowest BCUT2D eigenvalue weighted by molar-refractivity contribution is -0.117. The number of benzene rings is 1. The summed E-state index contributed by atoms with van der Waals surface area (Å²) < 4.78 is 12.1. The van der Waals surface area contributed by atoms with Crippen molar-refractivity contribution in [1.29, 1.82) is 0 Å². The lowest BCUT2D eigenvalue weighted by Crippen LogP contribution is -2.45. The Morgan fingerprint density at radius 1 is 1.10 bits per heavy atom. The number of urea groups is 1. The van der Waals surface area contributed by atoms with Crippen LogP contribution in [0.4, 0.5) is 27.8 Å². The van der Waals surface area contributed by atoms with Gasteiger partial charge in [0.2, 0.25) is 17.7 Å². The highest BCUT2D eigenvalue weighted by Crippen LogP contribution is 2.46. The molecule has 5 heterocycles. The summed E-state index contributed by atoms with van der Waals surface area (Å²) in [6.45, 7) is 6.85. The van der Waals surface area contributed by atoms with Crippen LogP contribution in [0.1, 0.15) is 52.1 Å². The number of fused-ring (bicyclic) bond motifs is 4. The summed E-state index contributed by atoms with van der Waals surface area (Å²) >= 11 is 0. The Labute approximate surface area is 231 Å². The van der Waals surface area contributed by atoms with Crippen LogP contribution in [0.5, 0.6) is 11.6 Å². The Hall–Kier alpha value is -4.41. The van der Waals surface area contributed by atoms with Crippen LogP contribution in [0.25, 0.3) is 11.1 Å². The maximum absolute atomic E-state index is 12.8. The topological polar surface area (TPSA) is 122 Å². The first kappa shape index (κ1) is 24.6. The third kappa shape index (κ3) is 4.25. The third-order valence-electron chi connectivity index (χ3n) is 7.83. The van der Waals surface area contributed by atoms with E-state index >= 15 is 0 Å². The quantitative estimate of drug-likeness (QED) is 0.495. The number of ether oxygens (including phenoxy) is 2. The molecule has 1 saturated carbocycles. The van der Waals surface area contributed by atoms with Crippen molar-refractivity contribution in [3.63, 3.8) is 0 Å². The van der Waals surface area contributed by atoms with Crippen molar-refractivity contribution in [3.05, 3.63) is 42.4 Å². The molecule has 0 radical (unpaired) electrons. The van der Waals surface area contributed by atoms with E-state index in [0.29, 0.717) is 48.5 Å². The van der Waals surface area contributed by atoms with E-state index in [1.165, 1.54) is 0 Å². The van der Waals surface area contributed by atoms with Crippen molar-refractivity contribution in [2.75, 3.05) is 28.3 Å². The van der Waals surface area contributed by atoms with Crippen LogP contribution in [-0.4, -0.2) is 52.1 Å². The fourth-order valence-corrected chi connectivity index (χ4v) is 5.60. The molecular formula is C29H31N7O4. The number of rotatable bonds is 4. The summed E-state index contributed by atoms with van der Waals surface area (Å²) in [4.78, 5) is 42.6. The smallest absolute Gasteiger partial charge is 0.322 e. The zero-order valence-corrected chi connectivity index (χ0v) is 22.7. The van der Waals surface area contributed by atoms with E-state index in [9.17, 15) is 9.59 Å². The molecule has 0 unspecified atom stereocenters. The average Bonchev–Trinajstić information content (AvgIpc) is 3.69. The summed E-state index contributed by atoms with van der Waals surface area (Å²) in [6, 6.07) is 7.99. The summed E-state index contributed by atoms with van der Waals surface area (Å²) in [5.74, 6) is 1.65. The largest absolute Gasteiger partial charge is 0.481 e. The van der Waals surface area contributed by atoms with Gasteiger partial charge in [0.1, 0.15) is 23.6 Å². The zero-order chi connectivity index (χ0) is 27.6. The van der Waals surface area contributed by atoms with E-state index in [0.717, 1.165) is 41.8 Å². The highest BCUT2D eigenvalue weighted by molar-refractivity contribution is 5.97. The first-order valence-corrected chi connectivity index (χ1v) is 13.8. The van der Waals surface area contributed by atoms with E-state index in [1.807, 2.05) is 43.0 Å². The molecule has 0 spiro atoms. The van der Waals surface area contributed by atoms with Gasteiger partial charge in [-0.25, -0.2) is 19.7 Å². The van der Waals surface area contributed by atoms with E-state index in [2.05, 4.69) is 27.5 Å². The predicted octanol–water partition coefficient (Wildman–Crippen LogP) is 4.50. The van der Waals surface area contributed by atoms with Gasteiger partial charge in [0.25, 0.3) is 0 Å². The molecule has 2 N–H and O–H groups in total. The standard InChI is InChI=1S/C29H31N7O4/c1-16-4-9-24(37)36(16)19-7-8-20-21-15-31-27(34-25(21)29(2,3)40-23(20)13-19)32-18-12-22-26(30-14-18)39-11-10-35(22)28(38)33-17-5-6-17/h7-8,12-17H,4-6,9-11H2,1-3H3,(H,33,38)(H,31,32,34)/t16-/m1/s1. The number of carbonyl (C=O) groups is 2. The summed E-state index contributed by atoms with van der Waals surface area (Å²) in [7, 11) is 0. The Balaban J connectivity index is 1.17. The first-order chi connectivity index (χ1) is 19.3. The second-order valence-electron chi connectivity index (χ2n) is 11.3. The lowest BCUT2D eigenvalue weighted by atomic mass is 9.91. The molecule has 1 saturated heterocycles. The van der Waals surface area contributed by atoms with Gasteiger partial charge in [0.15, 0.2) is 0 Å². The minimum Gasteiger partial charge on any atom is -0.481 e. The number of amides is 3. The molecule has 3 amide bonds. The summed E-state index contributed by atoms with van der Waals surface area (Å²) in [5, 5.41) is 6.27. The molecule has 4 aliphatic rings. The number of pyridine rings is 1. The first-order valence-electron chi connectivity index (χ1n) is 13.8. The second-order valence-corrected chi connectivity index (χ2v) is 11.3. The maximum atomic E-state index is 12.8. The third-order valence-corrected chi connectivity index (χ3v) is 7.83. The number of carbonyl (C=O) groups excluding carboxylic acids is 2. The molecule has 1 aliphatic carbocycles. The maximum Gasteiger partial charge on any atom is 0.322 e. The molecule has 2 fully saturated rings. The second kappa shape index (κ2) is 9.07. The van der Waals surface area contributed by atoms with Crippen molar-refractivity contribution in [2.45, 2.75) is 64.1 Å². The molecule has 1 aromatic carbocycles. The predicted molar refractivity (Wildman–Crippen MR) is 149 cm³/mol. The van der Waals surface area contributed by atoms with Crippen LogP contribution in [-0.2, 0) is 10.4 Å². The van der Waals surface area contributed by atoms with Crippen molar-refractivity contribution in [3.8, 4) is 22.8 Å². The lowest BCUT2D eigenvalue weighted by Gasteiger charge is -2.34. The molecule has 2 aromatic heterocycles. The van der Waals surface area contributed by atoms with E-state index in [-0.39, 0.29) is 24.0 Å². The number of aromatic nitrogens is 3. The summed E-state index contributed by atoms with van der Waals surface area (Å²) in [5.41, 5.74) is 3.86. The van der Waals surface area contributed by atoms with Crippen LogP contribution in [0.2, 0.25) is 0 Å². The molecule has 7 rings (SSSR count).